The fourth-order valence-electron chi connectivity index (χ4n) is 2.53. The second kappa shape index (κ2) is 6.83. The number of rotatable bonds is 5. The van der Waals surface area contributed by atoms with Gasteiger partial charge in [0.15, 0.2) is 11.5 Å². The van der Waals surface area contributed by atoms with Gasteiger partial charge in [-0.2, -0.15) is 4.98 Å². The van der Waals surface area contributed by atoms with Crippen LogP contribution in [0.4, 0.5) is 4.39 Å². The number of carbonyl (C=O) groups excluding carboxylic acids is 1. The average molecular weight is 355 g/mol. The molecule has 1 aliphatic rings. The van der Waals surface area contributed by atoms with E-state index >= 15 is 0 Å². The molecule has 2 heterocycles. The zero-order chi connectivity index (χ0) is 17.9. The zero-order valence-electron chi connectivity index (χ0n) is 13.6. The summed E-state index contributed by atoms with van der Waals surface area (Å²) in [7, 11) is 0. The predicted molar refractivity (Wildman–Crippen MR) is 88.3 cm³/mol. The summed E-state index contributed by atoms with van der Waals surface area (Å²) in [4.78, 5) is 16.3. The van der Waals surface area contributed by atoms with Crippen molar-refractivity contribution in [2.45, 2.75) is 6.42 Å². The van der Waals surface area contributed by atoms with Crippen molar-refractivity contribution in [3.05, 3.63) is 59.7 Å². The predicted octanol–water partition coefficient (Wildman–Crippen LogP) is 2.58. The summed E-state index contributed by atoms with van der Waals surface area (Å²) < 4.78 is 29.3. The van der Waals surface area contributed by atoms with Crippen LogP contribution in [0, 0.1) is 5.82 Å². The van der Waals surface area contributed by atoms with Crippen molar-refractivity contribution in [2.24, 2.45) is 0 Å². The molecular weight excluding hydrogens is 341 g/mol. The van der Waals surface area contributed by atoms with Crippen molar-refractivity contribution >= 4 is 5.91 Å². The average Bonchev–Trinajstić information content (AvgIpc) is 3.30. The molecule has 0 aliphatic carbocycles. The van der Waals surface area contributed by atoms with E-state index in [1.165, 1.54) is 6.07 Å². The summed E-state index contributed by atoms with van der Waals surface area (Å²) in [5.74, 6) is 0.986. The highest BCUT2D eigenvalue weighted by molar-refractivity contribution is 5.94. The fraction of sp³-hybridized carbons (Fsp3) is 0.167. The van der Waals surface area contributed by atoms with Gasteiger partial charge in [0.1, 0.15) is 5.82 Å². The minimum Gasteiger partial charge on any atom is -0.454 e. The molecule has 7 nitrogen and oxygen atoms in total. The summed E-state index contributed by atoms with van der Waals surface area (Å²) in [6.07, 6.45) is 0.331. The van der Waals surface area contributed by atoms with E-state index in [2.05, 4.69) is 15.5 Å². The number of ether oxygens (including phenoxy) is 2. The summed E-state index contributed by atoms with van der Waals surface area (Å²) in [5, 5.41) is 6.54. The molecule has 0 saturated heterocycles. The molecule has 1 N–H and O–H groups in total. The lowest BCUT2D eigenvalue weighted by Crippen LogP contribution is -2.25. The minimum atomic E-state index is -0.420. The van der Waals surface area contributed by atoms with Crippen LogP contribution in [0.15, 0.2) is 47.0 Å². The Morgan fingerprint density at radius 2 is 2.00 bits per heavy atom. The van der Waals surface area contributed by atoms with Crippen LogP contribution in [0.2, 0.25) is 0 Å². The van der Waals surface area contributed by atoms with Crippen LogP contribution in [0.5, 0.6) is 11.5 Å². The molecule has 0 fully saturated rings. The Bertz CT molecular complexity index is 957. The van der Waals surface area contributed by atoms with Crippen molar-refractivity contribution in [1.82, 2.24) is 15.5 Å². The summed E-state index contributed by atoms with van der Waals surface area (Å²) in [5.41, 5.74) is 0.735. The number of carbonyl (C=O) groups is 1. The van der Waals surface area contributed by atoms with Gasteiger partial charge in [-0.25, -0.2) is 4.39 Å². The molecule has 8 heteroatoms. The van der Waals surface area contributed by atoms with Crippen LogP contribution < -0.4 is 14.8 Å². The lowest BCUT2D eigenvalue weighted by Gasteiger charge is -2.04. The molecule has 0 saturated carbocycles. The molecular formula is C18H14FN3O4. The van der Waals surface area contributed by atoms with Crippen LogP contribution in [0.25, 0.3) is 11.4 Å². The summed E-state index contributed by atoms with van der Waals surface area (Å²) >= 11 is 0. The zero-order valence-corrected chi connectivity index (χ0v) is 13.6. The van der Waals surface area contributed by atoms with E-state index in [0.29, 0.717) is 35.9 Å². The molecule has 1 aromatic heterocycles. The third-order valence-electron chi connectivity index (χ3n) is 3.84. The first-order valence-electron chi connectivity index (χ1n) is 7.96. The highest BCUT2D eigenvalue weighted by Crippen LogP contribution is 2.32. The Morgan fingerprint density at radius 3 is 2.88 bits per heavy atom. The summed E-state index contributed by atoms with van der Waals surface area (Å²) in [6, 6.07) is 11.2. The van der Waals surface area contributed by atoms with E-state index in [1.807, 2.05) is 0 Å². The number of aromatic nitrogens is 2. The molecule has 0 radical (unpaired) electrons. The van der Waals surface area contributed by atoms with Gasteiger partial charge < -0.3 is 19.3 Å². The van der Waals surface area contributed by atoms with Crippen LogP contribution in [0.1, 0.15) is 16.2 Å². The van der Waals surface area contributed by atoms with Gasteiger partial charge in [0.25, 0.3) is 5.91 Å². The lowest BCUT2D eigenvalue weighted by atomic mass is 10.2. The topological polar surface area (TPSA) is 86.5 Å². The lowest BCUT2D eigenvalue weighted by molar-refractivity contribution is 0.0953. The molecule has 0 atom stereocenters. The number of halogens is 1. The summed E-state index contributed by atoms with van der Waals surface area (Å²) in [6.45, 7) is 0.452. The minimum absolute atomic E-state index is 0.155. The Balaban J connectivity index is 1.35. The van der Waals surface area contributed by atoms with Crippen molar-refractivity contribution in [1.29, 1.82) is 0 Å². The van der Waals surface area contributed by atoms with Gasteiger partial charge in [-0.1, -0.05) is 17.3 Å². The van der Waals surface area contributed by atoms with E-state index in [9.17, 15) is 9.18 Å². The van der Waals surface area contributed by atoms with E-state index in [-0.39, 0.29) is 24.1 Å². The number of hydrogen-bond donors (Lipinski definition) is 1. The van der Waals surface area contributed by atoms with Gasteiger partial charge in [0, 0.05) is 18.5 Å². The van der Waals surface area contributed by atoms with Crippen molar-refractivity contribution in [2.75, 3.05) is 13.3 Å². The van der Waals surface area contributed by atoms with Crippen molar-refractivity contribution in [3.63, 3.8) is 0 Å². The van der Waals surface area contributed by atoms with Gasteiger partial charge in [-0.15, -0.1) is 0 Å². The van der Waals surface area contributed by atoms with Gasteiger partial charge in [0.05, 0.1) is 5.56 Å². The van der Waals surface area contributed by atoms with E-state index in [4.69, 9.17) is 14.0 Å². The highest BCUT2D eigenvalue weighted by Gasteiger charge is 2.16. The third kappa shape index (κ3) is 3.21. The second-order valence-electron chi connectivity index (χ2n) is 5.57. The number of fused-ring (bicyclic) bond motifs is 1. The molecule has 0 bridgehead atoms. The molecule has 2 aromatic carbocycles. The first kappa shape index (κ1) is 16.1. The highest BCUT2D eigenvalue weighted by atomic mass is 19.1. The monoisotopic (exact) mass is 355 g/mol. The maximum atomic E-state index is 13.7. The van der Waals surface area contributed by atoms with Crippen molar-refractivity contribution < 1.29 is 23.2 Å². The maximum absolute atomic E-state index is 13.7. The van der Waals surface area contributed by atoms with Crippen LogP contribution >= 0.6 is 0 Å². The Kier molecular flexibility index (Phi) is 4.22. The molecule has 1 amide bonds. The van der Waals surface area contributed by atoms with E-state index in [1.54, 1.807) is 36.4 Å². The molecule has 1 aliphatic heterocycles. The molecule has 132 valence electrons. The number of amides is 1. The largest absolute Gasteiger partial charge is 0.454 e. The maximum Gasteiger partial charge on any atom is 0.251 e. The number of hydrogen-bond acceptors (Lipinski definition) is 6. The number of nitrogens with zero attached hydrogens (tertiary/aromatic N) is 2. The molecule has 0 unspecified atom stereocenters. The van der Waals surface area contributed by atoms with Crippen LogP contribution in [-0.4, -0.2) is 29.4 Å². The SMILES string of the molecule is O=C(NCCc1nc(-c2ccccc2F)no1)c1ccc2c(c1)OCO2. The second-order valence-corrected chi connectivity index (χ2v) is 5.57. The Hall–Kier alpha value is -3.42. The van der Waals surface area contributed by atoms with E-state index < -0.39 is 5.82 Å². The number of benzene rings is 2. The molecule has 0 spiro atoms. The van der Waals surface area contributed by atoms with Gasteiger partial charge in [0.2, 0.25) is 18.5 Å². The Morgan fingerprint density at radius 1 is 1.15 bits per heavy atom. The molecule has 26 heavy (non-hydrogen) atoms. The van der Waals surface area contributed by atoms with Gasteiger partial charge >= 0.3 is 0 Å². The normalized spacial score (nSPS) is 12.2. The molecule has 4 rings (SSSR count). The van der Waals surface area contributed by atoms with Crippen molar-refractivity contribution in [3.8, 4) is 22.9 Å². The van der Waals surface area contributed by atoms with Crippen LogP contribution in [-0.2, 0) is 6.42 Å². The number of nitrogens with one attached hydrogen (secondary N) is 1. The fourth-order valence-corrected chi connectivity index (χ4v) is 2.53. The first-order chi connectivity index (χ1) is 12.7. The standard InChI is InChI=1S/C18H14FN3O4/c19-13-4-2-1-3-12(13)17-21-16(26-22-17)7-8-20-18(23)11-5-6-14-15(9-11)25-10-24-14/h1-6,9H,7-8,10H2,(H,20,23). The quantitative estimate of drug-likeness (QED) is 0.757. The smallest absolute Gasteiger partial charge is 0.251 e. The molecule has 3 aromatic rings. The Labute approximate surface area is 147 Å². The van der Waals surface area contributed by atoms with Gasteiger partial charge in [-0.05, 0) is 30.3 Å². The van der Waals surface area contributed by atoms with Crippen LogP contribution in [0.3, 0.4) is 0 Å². The van der Waals surface area contributed by atoms with Gasteiger partial charge in [-0.3, -0.25) is 4.79 Å². The van der Waals surface area contributed by atoms with E-state index in [0.717, 1.165) is 0 Å². The third-order valence-corrected chi connectivity index (χ3v) is 3.84. The first-order valence-corrected chi connectivity index (χ1v) is 7.96.